The van der Waals surface area contributed by atoms with Crippen LogP contribution in [-0.2, 0) is 17.8 Å². The standard InChI is InChI=1S/C22H28N4OS/c1-21(2,3)25-20-22(23-13-17-6-4-5-7-18(17)24-20)9-10-26(15-22)19(27)12-16-8-11-28-14-16/h4-8,11,14,23H,9-10,12-13,15H2,1-3H3,(H,24,25)/t22-/m0/s1. The van der Waals surface area contributed by atoms with Gasteiger partial charge in [-0.3, -0.25) is 15.1 Å². The predicted octanol–water partition coefficient (Wildman–Crippen LogP) is 3.67. The normalized spacial score (nSPS) is 23.5. The molecule has 1 fully saturated rings. The van der Waals surface area contributed by atoms with Crippen molar-refractivity contribution in [3.05, 3.63) is 52.2 Å². The molecule has 0 aliphatic carbocycles. The number of hydrogen-bond donors (Lipinski definition) is 2. The highest BCUT2D eigenvalue weighted by molar-refractivity contribution is 7.08. The number of hydrogen-bond acceptors (Lipinski definition) is 4. The fraction of sp³-hybridized carbons (Fsp3) is 0.455. The highest BCUT2D eigenvalue weighted by atomic mass is 32.1. The van der Waals surface area contributed by atoms with Gasteiger partial charge in [-0.15, -0.1) is 0 Å². The molecule has 0 saturated carbocycles. The van der Waals surface area contributed by atoms with Gasteiger partial charge >= 0.3 is 0 Å². The number of nitrogens with zero attached hydrogens (tertiary/aromatic N) is 2. The molecule has 1 aromatic carbocycles. The molecule has 2 aromatic rings. The van der Waals surface area contributed by atoms with Crippen LogP contribution >= 0.6 is 11.3 Å². The zero-order valence-corrected chi connectivity index (χ0v) is 17.6. The lowest BCUT2D eigenvalue weighted by molar-refractivity contribution is -0.129. The number of carbonyl (C=O) groups is 1. The summed E-state index contributed by atoms with van der Waals surface area (Å²) in [6, 6.07) is 10.4. The molecule has 28 heavy (non-hydrogen) atoms. The van der Waals surface area contributed by atoms with Crippen molar-refractivity contribution in [3.63, 3.8) is 0 Å². The fourth-order valence-corrected chi connectivity index (χ4v) is 4.57. The van der Waals surface area contributed by atoms with Crippen molar-refractivity contribution in [2.75, 3.05) is 18.4 Å². The van der Waals surface area contributed by atoms with E-state index in [4.69, 9.17) is 4.99 Å². The number of amidine groups is 1. The zero-order chi connectivity index (χ0) is 19.8. The summed E-state index contributed by atoms with van der Waals surface area (Å²) in [7, 11) is 0. The van der Waals surface area contributed by atoms with Gasteiger partial charge in [0, 0.05) is 25.3 Å². The molecule has 4 rings (SSSR count). The smallest absolute Gasteiger partial charge is 0.227 e. The van der Waals surface area contributed by atoms with Crippen molar-refractivity contribution in [3.8, 4) is 0 Å². The zero-order valence-electron chi connectivity index (χ0n) is 16.8. The Morgan fingerprint density at radius 1 is 1.29 bits per heavy atom. The van der Waals surface area contributed by atoms with Crippen LogP contribution in [0.1, 0.15) is 38.3 Å². The summed E-state index contributed by atoms with van der Waals surface area (Å²) in [6.45, 7) is 8.49. The van der Waals surface area contributed by atoms with E-state index < -0.39 is 0 Å². The van der Waals surface area contributed by atoms with Gasteiger partial charge in [0.2, 0.25) is 5.91 Å². The molecule has 1 saturated heterocycles. The maximum atomic E-state index is 12.9. The van der Waals surface area contributed by atoms with E-state index in [1.165, 1.54) is 5.56 Å². The quantitative estimate of drug-likeness (QED) is 0.814. The number of likely N-dealkylation sites (tertiary alicyclic amines) is 1. The summed E-state index contributed by atoms with van der Waals surface area (Å²) >= 11 is 1.64. The van der Waals surface area contributed by atoms with Crippen LogP contribution < -0.4 is 10.6 Å². The van der Waals surface area contributed by atoms with E-state index in [0.29, 0.717) is 13.0 Å². The Morgan fingerprint density at radius 3 is 2.86 bits per heavy atom. The van der Waals surface area contributed by atoms with Crippen LogP contribution in [0.4, 0.5) is 5.69 Å². The van der Waals surface area contributed by atoms with E-state index in [0.717, 1.165) is 36.6 Å². The van der Waals surface area contributed by atoms with Crippen molar-refractivity contribution in [2.45, 2.75) is 51.2 Å². The third-order valence-corrected chi connectivity index (χ3v) is 6.08. The molecule has 6 heteroatoms. The number of fused-ring (bicyclic) bond motifs is 1. The molecule has 1 amide bonds. The van der Waals surface area contributed by atoms with Crippen LogP contribution in [-0.4, -0.2) is 40.8 Å². The molecule has 0 radical (unpaired) electrons. The molecule has 1 aromatic heterocycles. The molecule has 1 atom stereocenters. The van der Waals surface area contributed by atoms with Gasteiger partial charge in [0.15, 0.2) is 0 Å². The number of para-hydroxylation sites is 1. The second-order valence-corrected chi connectivity index (χ2v) is 9.50. The van der Waals surface area contributed by atoms with Crippen molar-refractivity contribution >= 4 is 28.8 Å². The SMILES string of the molecule is CC(C)(C)N=C1Nc2ccccc2CN[C@]12CCN(C(=O)Cc1ccsc1)C2. The van der Waals surface area contributed by atoms with E-state index in [1.807, 2.05) is 22.4 Å². The molecule has 3 heterocycles. The first-order chi connectivity index (χ1) is 13.3. The summed E-state index contributed by atoms with van der Waals surface area (Å²) in [5.41, 5.74) is 2.88. The highest BCUT2D eigenvalue weighted by Gasteiger charge is 2.45. The first-order valence-corrected chi connectivity index (χ1v) is 10.8. The van der Waals surface area contributed by atoms with E-state index >= 15 is 0 Å². The maximum Gasteiger partial charge on any atom is 0.227 e. The second-order valence-electron chi connectivity index (χ2n) is 8.72. The molecule has 0 bridgehead atoms. The third-order valence-electron chi connectivity index (χ3n) is 5.35. The van der Waals surface area contributed by atoms with Crippen LogP contribution in [0.3, 0.4) is 0 Å². The Hall–Kier alpha value is -2.18. The summed E-state index contributed by atoms with van der Waals surface area (Å²) in [5, 5.41) is 11.4. The topological polar surface area (TPSA) is 56.7 Å². The van der Waals surface area contributed by atoms with Crippen molar-refractivity contribution < 1.29 is 4.79 Å². The molecule has 0 unspecified atom stereocenters. The minimum Gasteiger partial charge on any atom is -0.342 e. The molecular formula is C22H28N4OS. The fourth-order valence-electron chi connectivity index (χ4n) is 3.90. The number of thiophene rings is 1. The Labute approximate surface area is 170 Å². The number of nitrogens with one attached hydrogen (secondary N) is 2. The van der Waals surface area contributed by atoms with Crippen LogP contribution in [0, 0.1) is 0 Å². The van der Waals surface area contributed by atoms with Crippen molar-refractivity contribution in [2.24, 2.45) is 4.99 Å². The minimum absolute atomic E-state index is 0.189. The summed E-state index contributed by atoms with van der Waals surface area (Å²) < 4.78 is 0. The van der Waals surface area contributed by atoms with E-state index in [9.17, 15) is 4.79 Å². The molecule has 2 N–H and O–H groups in total. The lowest BCUT2D eigenvalue weighted by Gasteiger charge is -2.32. The van der Waals surface area contributed by atoms with Gasteiger partial charge in [0.25, 0.3) is 0 Å². The van der Waals surface area contributed by atoms with Gasteiger partial charge in [0.1, 0.15) is 5.84 Å². The van der Waals surface area contributed by atoms with Crippen LogP contribution in [0.15, 0.2) is 46.1 Å². The lowest BCUT2D eigenvalue weighted by atomic mass is 9.95. The summed E-state index contributed by atoms with van der Waals surface area (Å²) in [5.74, 6) is 1.13. The molecule has 2 aliphatic heterocycles. The van der Waals surface area contributed by atoms with Crippen LogP contribution in [0.5, 0.6) is 0 Å². The highest BCUT2D eigenvalue weighted by Crippen LogP contribution is 2.31. The van der Waals surface area contributed by atoms with Gasteiger partial charge in [-0.2, -0.15) is 11.3 Å². The third kappa shape index (κ3) is 3.98. The number of anilines is 1. The number of carbonyl (C=O) groups excluding carboxylic acids is 1. The lowest BCUT2D eigenvalue weighted by Crippen LogP contribution is -2.56. The van der Waals surface area contributed by atoms with Gasteiger partial charge in [-0.1, -0.05) is 18.2 Å². The molecule has 5 nitrogen and oxygen atoms in total. The average Bonchev–Trinajstić information content (AvgIpc) is 3.27. The summed E-state index contributed by atoms with van der Waals surface area (Å²) in [4.78, 5) is 19.9. The first kappa shape index (κ1) is 19.2. The minimum atomic E-state index is -0.337. The Kier molecular flexibility index (Phi) is 5.02. The predicted molar refractivity (Wildman–Crippen MR) is 116 cm³/mol. The van der Waals surface area contributed by atoms with Gasteiger partial charge in [-0.25, -0.2) is 0 Å². The monoisotopic (exact) mass is 396 g/mol. The van der Waals surface area contributed by atoms with E-state index in [1.54, 1.807) is 11.3 Å². The average molecular weight is 397 g/mol. The number of amides is 1. The van der Waals surface area contributed by atoms with Gasteiger partial charge in [0.05, 0.1) is 17.5 Å². The Balaban J connectivity index is 1.61. The van der Waals surface area contributed by atoms with E-state index in [2.05, 4.69) is 55.0 Å². The number of benzene rings is 1. The van der Waals surface area contributed by atoms with Crippen molar-refractivity contribution in [1.29, 1.82) is 0 Å². The molecule has 148 valence electrons. The van der Waals surface area contributed by atoms with Gasteiger partial charge < -0.3 is 10.2 Å². The molecular weight excluding hydrogens is 368 g/mol. The Morgan fingerprint density at radius 2 is 2.11 bits per heavy atom. The van der Waals surface area contributed by atoms with Crippen molar-refractivity contribution in [1.82, 2.24) is 10.2 Å². The number of aliphatic imine (C=N–C) groups is 1. The second kappa shape index (κ2) is 7.33. The maximum absolute atomic E-state index is 12.9. The summed E-state index contributed by atoms with van der Waals surface area (Å²) in [6.07, 6.45) is 1.33. The first-order valence-electron chi connectivity index (χ1n) is 9.84. The number of rotatable bonds is 2. The molecule has 1 spiro atoms. The molecule has 2 aliphatic rings. The van der Waals surface area contributed by atoms with Gasteiger partial charge in [-0.05, 0) is 61.2 Å². The van der Waals surface area contributed by atoms with E-state index in [-0.39, 0.29) is 17.0 Å². The Bertz CT molecular complexity index is 884. The largest absolute Gasteiger partial charge is 0.342 e. The van der Waals surface area contributed by atoms with Crippen LogP contribution in [0.2, 0.25) is 0 Å². The van der Waals surface area contributed by atoms with Crippen LogP contribution in [0.25, 0.3) is 0 Å².